The summed E-state index contributed by atoms with van der Waals surface area (Å²) in [6.45, 7) is 0. The van der Waals surface area contributed by atoms with Gasteiger partial charge < -0.3 is 0 Å². The highest BCUT2D eigenvalue weighted by molar-refractivity contribution is 6.31. The van der Waals surface area contributed by atoms with E-state index in [1.807, 2.05) is 6.07 Å². The first-order valence-electron chi connectivity index (χ1n) is 9.85. The third-order valence-corrected chi connectivity index (χ3v) is 5.91. The van der Waals surface area contributed by atoms with Gasteiger partial charge in [-0.3, -0.25) is 24.5 Å². The van der Waals surface area contributed by atoms with Crippen LogP contribution < -0.4 is 9.96 Å². The van der Waals surface area contributed by atoms with Gasteiger partial charge in [0.1, 0.15) is 12.0 Å². The van der Waals surface area contributed by atoms with Crippen molar-refractivity contribution in [1.82, 2.24) is 0 Å². The molecule has 8 nitrogen and oxygen atoms in total. The molecular weight excluding hydrogens is 434 g/mol. The standard InChI is InChI=1S/C23H16ClN3O5/c24-14-10-12-15(13-11-14)25-22(28)19-20(17-8-4-5-9-18(17)27(30)31)26(32-21(19)23(25)29)16-6-2-1-3-7-16/h1-13,19-21H/t19-,20-,21-/m0/s1. The van der Waals surface area contributed by atoms with Crippen molar-refractivity contribution in [2.24, 2.45) is 5.92 Å². The lowest BCUT2D eigenvalue weighted by molar-refractivity contribution is -0.385. The first-order chi connectivity index (χ1) is 15.5. The molecule has 2 fully saturated rings. The average molecular weight is 450 g/mol. The zero-order valence-corrected chi connectivity index (χ0v) is 17.3. The Morgan fingerprint density at radius 3 is 2.19 bits per heavy atom. The normalized spacial score (nSPS) is 22.3. The van der Waals surface area contributed by atoms with Gasteiger partial charge in [0.2, 0.25) is 5.91 Å². The lowest BCUT2D eigenvalue weighted by Gasteiger charge is -2.28. The predicted molar refractivity (Wildman–Crippen MR) is 117 cm³/mol. The quantitative estimate of drug-likeness (QED) is 0.335. The third-order valence-electron chi connectivity index (χ3n) is 5.66. The fourth-order valence-corrected chi connectivity index (χ4v) is 4.40. The van der Waals surface area contributed by atoms with Gasteiger partial charge in [-0.1, -0.05) is 41.9 Å². The van der Waals surface area contributed by atoms with Crippen molar-refractivity contribution in [2.45, 2.75) is 12.1 Å². The van der Waals surface area contributed by atoms with Gasteiger partial charge in [-0.05, 0) is 42.5 Å². The van der Waals surface area contributed by atoms with Gasteiger partial charge >= 0.3 is 0 Å². The number of nitro benzene ring substituents is 1. The Hall–Kier alpha value is -3.75. The van der Waals surface area contributed by atoms with Crippen LogP contribution in [0.5, 0.6) is 0 Å². The fourth-order valence-electron chi connectivity index (χ4n) is 4.28. The van der Waals surface area contributed by atoms with Crippen LogP contribution in [-0.4, -0.2) is 22.8 Å². The van der Waals surface area contributed by atoms with E-state index in [2.05, 4.69) is 0 Å². The van der Waals surface area contributed by atoms with Crippen molar-refractivity contribution in [3.05, 3.63) is 99.6 Å². The molecule has 0 saturated carbocycles. The molecule has 5 rings (SSSR count). The molecule has 0 aromatic heterocycles. The van der Waals surface area contributed by atoms with Gasteiger partial charge in [0, 0.05) is 11.1 Å². The molecule has 2 saturated heterocycles. The van der Waals surface area contributed by atoms with Crippen molar-refractivity contribution in [3.8, 4) is 0 Å². The first kappa shape index (κ1) is 20.2. The van der Waals surface area contributed by atoms with Gasteiger partial charge in [0.25, 0.3) is 11.6 Å². The molecule has 0 spiro atoms. The number of hydrogen-bond acceptors (Lipinski definition) is 6. The molecule has 2 aliphatic heterocycles. The Kier molecular flexibility index (Phi) is 4.88. The molecule has 2 amide bonds. The van der Waals surface area contributed by atoms with Crippen LogP contribution in [-0.2, 0) is 14.4 Å². The SMILES string of the molecule is O=C1[C@@H]2[C@H](ON(c3ccccc3)[C@H]2c2ccccc2[N+](=O)[O-])C(=O)N1c1ccc(Cl)cc1. The molecule has 9 heteroatoms. The van der Waals surface area contributed by atoms with Crippen LogP contribution in [0.1, 0.15) is 11.6 Å². The molecule has 3 atom stereocenters. The summed E-state index contributed by atoms with van der Waals surface area (Å²) in [6.07, 6.45) is -1.11. The maximum Gasteiger partial charge on any atom is 0.274 e. The first-order valence-corrected chi connectivity index (χ1v) is 10.2. The molecule has 160 valence electrons. The van der Waals surface area contributed by atoms with Crippen molar-refractivity contribution >= 4 is 40.5 Å². The lowest BCUT2D eigenvalue weighted by Crippen LogP contribution is -2.37. The van der Waals surface area contributed by atoms with Crippen molar-refractivity contribution < 1.29 is 19.3 Å². The second-order valence-corrected chi connectivity index (χ2v) is 7.90. The number of anilines is 2. The minimum absolute atomic E-state index is 0.145. The smallest absolute Gasteiger partial charge is 0.273 e. The number of para-hydroxylation sites is 2. The van der Waals surface area contributed by atoms with Gasteiger partial charge in [0.05, 0.1) is 21.9 Å². The zero-order chi connectivity index (χ0) is 22.4. The van der Waals surface area contributed by atoms with E-state index < -0.39 is 34.8 Å². The summed E-state index contributed by atoms with van der Waals surface area (Å²) in [5, 5.41) is 13.7. The van der Waals surface area contributed by atoms with E-state index in [1.165, 1.54) is 11.1 Å². The van der Waals surface area contributed by atoms with E-state index in [9.17, 15) is 19.7 Å². The van der Waals surface area contributed by atoms with E-state index in [0.29, 0.717) is 22.0 Å². The molecule has 3 aromatic carbocycles. The van der Waals surface area contributed by atoms with Crippen LogP contribution in [0.4, 0.5) is 17.1 Å². The number of hydroxylamine groups is 1. The van der Waals surface area contributed by atoms with Crippen LogP contribution in [0.2, 0.25) is 5.02 Å². The maximum absolute atomic E-state index is 13.5. The van der Waals surface area contributed by atoms with Crippen molar-refractivity contribution in [1.29, 1.82) is 0 Å². The topological polar surface area (TPSA) is 93.0 Å². The molecular formula is C23H16ClN3O5. The van der Waals surface area contributed by atoms with Gasteiger partial charge in [-0.15, -0.1) is 0 Å². The van der Waals surface area contributed by atoms with E-state index in [0.717, 1.165) is 4.90 Å². The molecule has 0 unspecified atom stereocenters. The summed E-state index contributed by atoms with van der Waals surface area (Å²) in [5.41, 5.74) is 1.11. The van der Waals surface area contributed by atoms with Gasteiger partial charge in [0.15, 0.2) is 6.10 Å². The maximum atomic E-state index is 13.5. The Labute approximate surface area is 187 Å². The van der Waals surface area contributed by atoms with E-state index in [4.69, 9.17) is 16.4 Å². The minimum Gasteiger partial charge on any atom is -0.273 e. The lowest BCUT2D eigenvalue weighted by atomic mass is 9.89. The molecule has 2 heterocycles. The van der Waals surface area contributed by atoms with E-state index in [1.54, 1.807) is 66.7 Å². The highest BCUT2D eigenvalue weighted by atomic mass is 35.5. The molecule has 2 aliphatic rings. The largest absolute Gasteiger partial charge is 0.274 e. The van der Waals surface area contributed by atoms with Crippen LogP contribution >= 0.6 is 11.6 Å². The number of rotatable bonds is 4. The number of halogens is 1. The minimum atomic E-state index is -1.11. The molecule has 0 radical (unpaired) electrons. The molecule has 0 N–H and O–H groups in total. The average Bonchev–Trinajstić information content (AvgIpc) is 3.31. The highest BCUT2D eigenvalue weighted by Crippen LogP contribution is 2.49. The predicted octanol–water partition coefficient (Wildman–Crippen LogP) is 4.30. The van der Waals surface area contributed by atoms with Crippen molar-refractivity contribution in [3.63, 3.8) is 0 Å². The zero-order valence-electron chi connectivity index (χ0n) is 16.5. The van der Waals surface area contributed by atoms with Gasteiger partial charge in [-0.2, -0.15) is 0 Å². The fraction of sp³-hybridized carbons (Fsp3) is 0.130. The summed E-state index contributed by atoms with van der Waals surface area (Å²) in [6, 6.07) is 20.6. The second kappa shape index (κ2) is 7.74. The number of hydrogen-bond donors (Lipinski definition) is 0. The van der Waals surface area contributed by atoms with Crippen LogP contribution in [0, 0.1) is 16.0 Å². The Morgan fingerprint density at radius 2 is 1.50 bits per heavy atom. The Bertz CT molecular complexity index is 1220. The molecule has 32 heavy (non-hydrogen) atoms. The molecule has 0 aliphatic carbocycles. The molecule has 3 aromatic rings. The number of nitro groups is 1. The summed E-state index contributed by atoms with van der Waals surface area (Å²) >= 11 is 5.94. The number of fused-ring (bicyclic) bond motifs is 1. The summed E-state index contributed by atoms with van der Waals surface area (Å²) in [7, 11) is 0. The Morgan fingerprint density at radius 1 is 0.844 bits per heavy atom. The van der Waals surface area contributed by atoms with E-state index >= 15 is 0 Å². The third kappa shape index (κ3) is 3.12. The van der Waals surface area contributed by atoms with E-state index in [-0.39, 0.29) is 5.69 Å². The number of nitrogens with zero attached hydrogens (tertiary/aromatic N) is 3. The van der Waals surface area contributed by atoms with Gasteiger partial charge in [-0.25, -0.2) is 9.96 Å². The van der Waals surface area contributed by atoms with Crippen LogP contribution in [0.15, 0.2) is 78.9 Å². The number of carbonyl (C=O) groups excluding carboxylic acids is 2. The van der Waals surface area contributed by atoms with Crippen molar-refractivity contribution in [2.75, 3.05) is 9.96 Å². The van der Waals surface area contributed by atoms with Crippen LogP contribution in [0.25, 0.3) is 0 Å². The number of benzene rings is 3. The second-order valence-electron chi connectivity index (χ2n) is 7.46. The Balaban J connectivity index is 1.63. The summed E-state index contributed by atoms with van der Waals surface area (Å²) < 4.78 is 0. The summed E-state index contributed by atoms with van der Waals surface area (Å²) in [5.74, 6) is -1.97. The number of amides is 2. The number of carbonyl (C=O) groups is 2. The monoisotopic (exact) mass is 449 g/mol. The van der Waals surface area contributed by atoms with Crippen LogP contribution in [0.3, 0.4) is 0 Å². The summed E-state index contributed by atoms with van der Waals surface area (Å²) in [4.78, 5) is 45.1. The molecule has 0 bridgehead atoms. The number of imide groups is 1. The highest BCUT2D eigenvalue weighted by Gasteiger charge is 2.61.